The molecule has 0 radical (unpaired) electrons. The molecule has 0 spiro atoms. The Hall–Kier alpha value is -3.57. The minimum Gasteiger partial charge on any atom is -0.465 e. The molecular formula is C23H17ClN2O3. The summed E-state index contributed by atoms with van der Waals surface area (Å²) in [7, 11) is 1.34. The number of nitrogens with one attached hydrogen (secondary N) is 1. The Balaban J connectivity index is 1.52. The Morgan fingerprint density at radius 1 is 0.931 bits per heavy atom. The Morgan fingerprint density at radius 2 is 1.72 bits per heavy atom. The average Bonchev–Trinajstić information content (AvgIpc) is 2.75. The summed E-state index contributed by atoms with van der Waals surface area (Å²) in [5, 5.41) is 4.85. The van der Waals surface area contributed by atoms with Crippen LogP contribution >= 0.6 is 11.6 Å². The maximum atomic E-state index is 11.9. The van der Waals surface area contributed by atoms with Crippen LogP contribution in [-0.2, 0) is 4.74 Å². The zero-order valence-corrected chi connectivity index (χ0v) is 16.3. The Bertz CT molecular complexity index is 1180. The van der Waals surface area contributed by atoms with E-state index in [2.05, 4.69) is 10.3 Å². The van der Waals surface area contributed by atoms with Gasteiger partial charge < -0.3 is 14.8 Å². The van der Waals surface area contributed by atoms with Crippen molar-refractivity contribution in [3.05, 3.63) is 89.4 Å². The minimum atomic E-state index is -0.445. The number of anilines is 2. The highest BCUT2D eigenvalue weighted by Gasteiger charge is 2.12. The molecular weight excluding hydrogens is 388 g/mol. The standard InChI is InChI=1S/C23H17ClN2O3/c1-28-23(27)18-6-2-3-8-20(18)29-17-12-10-16(11-13-17)25-21-14-9-15-5-4-7-19(24)22(15)26-21/h2-14H,1H3,(H,25,26). The van der Waals surface area contributed by atoms with Crippen LogP contribution in [0.2, 0.25) is 5.02 Å². The molecule has 144 valence electrons. The van der Waals surface area contributed by atoms with Crippen LogP contribution in [0.4, 0.5) is 11.5 Å². The van der Waals surface area contributed by atoms with E-state index in [1.165, 1.54) is 7.11 Å². The number of fused-ring (bicyclic) bond motifs is 1. The van der Waals surface area contributed by atoms with Crippen molar-refractivity contribution < 1.29 is 14.3 Å². The molecule has 3 aromatic carbocycles. The number of nitrogens with zero attached hydrogens (tertiary/aromatic N) is 1. The number of ether oxygens (including phenoxy) is 2. The summed E-state index contributed by atoms with van der Waals surface area (Å²) in [5.74, 6) is 1.28. The molecule has 0 saturated carbocycles. The molecule has 0 unspecified atom stereocenters. The van der Waals surface area contributed by atoms with Gasteiger partial charge >= 0.3 is 5.97 Å². The molecule has 0 fully saturated rings. The van der Waals surface area contributed by atoms with E-state index < -0.39 is 5.97 Å². The number of benzene rings is 3. The third-order valence-corrected chi connectivity index (χ3v) is 4.62. The summed E-state index contributed by atoms with van der Waals surface area (Å²) >= 11 is 6.24. The van der Waals surface area contributed by atoms with E-state index in [-0.39, 0.29) is 0 Å². The normalized spacial score (nSPS) is 10.6. The lowest BCUT2D eigenvalue weighted by molar-refractivity contribution is 0.0598. The molecule has 0 saturated heterocycles. The number of pyridine rings is 1. The van der Waals surface area contributed by atoms with Crippen LogP contribution in [0.3, 0.4) is 0 Å². The largest absolute Gasteiger partial charge is 0.465 e. The fraction of sp³-hybridized carbons (Fsp3) is 0.0435. The van der Waals surface area contributed by atoms with Crippen molar-refractivity contribution in [2.24, 2.45) is 0 Å². The lowest BCUT2D eigenvalue weighted by Gasteiger charge is -2.11. The fourth-order valence-electron chi connectivity index (χ4n) is 2.90. The first-order chi connectivity index (χ1) is 14.1. The van der Waals surface area contributed by atoms with Gasteiger partial charge in [-0.3, -0.25) is 0 Å². The first kappa shape index (κ1) is 18.8. The smallest absolute Gasteiger partial charge is 0.341 e. The second-order valence-corrected chi connectivity index (χ2v) is 6.65. The van der Waals surface area contributed by atoms with E-state index in [1.54, 1.807) is 24.3 Å². The van der Waals surface area contributed by atoms with Gasteiger partial charge in [-0.2, -0.15) is 0 Å². The first-order valence-corrected chi connectivity index (χ1v) is 9.29. The number of rotatable bonds is 5. The zero-order chi connectivity index (χ0) is 20.2. The van der Waals surface area contributed by atoms with Crippen molar-refractivity contribution >= 4 is 40.0 Å². The number of carbonyl (C=O) groups excluding carboxylic acids is 1. The quantitative estimate of drug-likeness (QED) is 0.400. The summed E-state index contributed by atoms with van der Waals surface area (Å²) in [6.45, 7) is 0. The van der Waals surface area contributed by atoms with Gasteiger partial charge in [0.05, 0.1) is 17.6 Å². The number of halogens is 1. The molecule has 0 aliphatic carbocycles. The van der Waals surface area contributed by atoms with Gasteiger partial charge in [-0.25, -0.2) is 9.78 Å². The van der Waals surface area contributed by atoms with Crippen LogP contribution in [0.25, 0.3) is 10.9 Å². The Morgan fingerprint density at radius 3 is 2.52 bits per heavy atom. The van der Waals surface area contributed by atoms with Gasteiger partial charge in [0.15, 0.2) is 0 Å². The van der Waals surface area contributed by atoms with Crippen LogP contribution in [0.5, 0.6) is 11.5 Å². The van der Waals surface area contributed by atoms with Gasteiger partial charge in [-0.05, 0) is 54.6 Å². The van der Waals surface area contributed by atoms with E-state index in [9.17, 15) is 4.79 Å². The van der Waals surface area contributed by atoms with Crippen LogP contribution in [0.1, 0.15) is 10.4 Å². The minimum absolute atomic E-state index is 0.370. The molecule has 0 aliphatic heterocycles. The Kier molecular flexibility index (Phi) is 5.31. The zero-order valence-electron chi connectivity index (χ0n) is 15.6. The second kappa shape index (κ2) is 8.20. The van der Waals surface area contributed by atoms with E-state index in [0.717, 1.165) is 16.6 Å². The summed E-state index contributed by atoms with van der Waals surface area (Å²) < 4.78 is 10.6. The molecule has 1 aromatic heterocycles. The topological polar surface area (TPSA) is 60.5 Å². The first-order valence-electron chi connectivity index (χ1n) is 8.91. The molecule has 0 amide bonds. The summed E-state index contributed by atoms with van der Waals surface area (Å²) in [6, 6.07) is 23.9. The number of esters is 1. The van der Waals surface area contributed by atoms with Crippen molar-refractivity contribution in [2.45, 2.75) is 0 Å². The third kappa shape index (κ3) is 4.15. The maximum Gasteiger partial charge on any atom is 0.341 e. The molecule has 4 rings (SSSR count). The molecule has 0 aliphatic rings. The SMILES string of the molecule is COC(=O)c1ccccc1Oc1ccc(Nc2ccc3cccc(Cl)c3n2)cc1. The summed E-state index contributed by atoms with van der Waals surface area (Å²) in [6.07, 6.45) is 0. The van der Waals surface area contributed by atoms with Crippen LogP contribution in [0.15, 0.2) is 78.9 Å². The van der Waals surface area contributed by atoms with Gasteiger partial charge in [0, 0.05) is 11.1 Å². The highest BCUT2D eigenvalue weighted by molar-refractivity contribution is 6.35. The lowest BCUT2D eigenvalue weighted by Crippen LogP contribution is -2.03. The van der Waals surface area contributed by atoms with Gasteiger partial charge in [-0.15, -0.1) is 0 Å². The van der Waals surface area contributed by atoms with Crippen LogP contribution < -0.4 is 10.1 Å². The van der Waals surface area contributed by atoms with Gasteiger partial charge in [0.25, 0.3) is 0 Å². The molecule has 29 heavy (non-hydrogen) atoms. The highest BCUT2D eigenvalue weighted by Crippen LogP contribution is 2.28. The van der Waals surface area contributed by atoms with Gasteiger partial charge in [0.1, 0.15) is 22.9 Å². The number of aromatic nitrogens is 1. The van der Waals surface area contributed by atoms with Crippen molar-refractivity contribution in [2.75, 3.05) is 12.4 Å². The fourth-order valence-corrected chi connectivity index (χ4v) is 3.12. The molecule has 6 heteroatoms. The number of carbonyl (C=O) groups is 1. The molecule has 1 N–H and O–H groups in total. The summed E-state index contributed by atoms with van der Waals surface area (Å²) in [4.78, 5) is 16.4. The maximum absolute atomic E-state index is 11.9. The van der Waals surface area contributed by atoms with Crippen LogP contribution in [-0.4, -0.2) is 18.1 Å². The van der Waals surface area contributed by atoms with E-state index in [1.807, 2.05) is 54.6 Å². The van der Waals surface area contributed by atoms with E-state index in [4.69, 9.17) is 21.1 Å². The number of hydrogen-bond acceptors (Lipinski definition) is 5. The molecule has 1 heterocycles. The van der Waals surface area contributed by atoms with Crippen molar-refractivity contribution in [3.8, 4) is 11.5 Å². The lowest BCUT2D eigenvalue weighted by atomic mass is 10.2. The van der Waals surface area contributed by atoms with E-state index in [0.29, 0.717) is 27.9 Å². The van der Waals surface area contributed by atoms with Crippen molar-refractivity contribution in [3.63, 3.8) is 0 Å². The molecule has 0 bridgehead atoms. The van der Waals surface area contributed by atoms with E-state index >= 15 is 0 Å². The number of para-hydroxylation sites is 2. The van der Waals surface area contributed by atoms with Crippen molar-refractivity contribution in [1.82, 2.24) is 4.98 Å². The number of hydrogen-bond donors (Lipinski definition) is 1. The predicted molar refractivity (Wildman–Crippen MR) is 114 cm³/mol. The molecule has 0 atom stereocenters. The monoisotopic (exact) mass is 404 g/mol. The molecule has 5 nitrogen and oxygen atoms in total. The molecule has 4 aromatic rings. The average molecular weight is 405 g/mol. The third-order valence-electron chi connectivity index (χ3n) is 4.32. The summed E-state index contributed by atoms with van der Waals surface area (Å²) in [5.41, 5.74) is 1.96. The second-order valence-electron chi connectivity index (χ2n) is 6.25. The van der Waals surface area contributed by atoms with Crippen molar-refractivity contribution in [1.29, 1.82) is 0 Å². The number of methoxy groups -OCH3 is 1. The van der Waals surface area contributed by atoms with Crippen LogP contribution in [0, 0.1) is 0 Å². The predicted octanol–water partition coefficient (Wildman–Crippen LogP) is 6.21. The van der Waals surface area contributed by atoms with Gasteiger partial charge in [-0.1, -0.05) is 35.9 Å². The Labute approximate surface area is 172 Å². The highest BCUT2D eigenvalue weighted by atomic mass is 35.5. The van der Waals surface area contributed by atoms with Gasteiger partial charge in [0.2, 0.25) is 0 Å².